The summed E-state index contributed by atoms with van der Waals surface area (Å²) in [5.74, 6) is -0.345. The van der Waals surface area contributed by atoms with Crippen molar-refractivity contribution < 1.29 is 19.1 Å². The number of carbonyl (C=O) groups excluding carboxylic acids is 2. The molecule has 0 saturated carbocycles. The van der Waals surface area contributed by atoms with Crippen LogP contribution in [0.25, 0.3) is 0 Å². The summed E-state index contributed by atoms with van der Waals surface area (Å²) in [5.41, 5.74) is 0. The predicted molar refractivity (Wildman–Crippen MR) is 77.0 cm³/mol. The number of hydrogen-bond donors (Lipinski definition) is 0. The average Bonchev–Trinajstić information content (AvgIpc) is 2.34. The van der Waals surface area contributed by atoms with E-state index in [4.69, 9.17) is 9.47 Å². The van der Waals surface area contributed by atoms with E-state index in [2.05, 4.69) is 31.9 Å². The van der Waals surface area contributed by atoms with Crippen molar-refractivity contribution >= 4 is 43.7 Å². The predicted octanol–water partition coefficient (Wildman–Crippen LogP) is 2.22. The molecule has 1 aromatic rings. The van der Waals surface area contributed by atoms with Crippen LogP contribution in [0.3, 0.4) is 0 Å². The van der Waals surface area contributed by atoms with Gasteiger partial charge in [-0.3, -0.25) is 4.79 Å². The van der Waals surface area contributed by atoms with Crippen molar-refractivity contribution in [3.8, 4) is 5.75 Å². The molecule has 1 rings (SSSR count). The van der Waals surface area contributed by atoms with Crippen molar-refractivity contribution in [1.29, 1.82) is 0 Å². The molecule has 0 aliphatic rings. The Morgan fingerprint density at radius 3 is 2.47 bits per heavy atom. The zero-order chi connectivity index (χ0) is 14.4. The van der Waals surface area contributed by atoms with Gasteiger partial charge in [0.05, 0.1) is 4.47 Å². The lowest BCUT2D eigenvalue weighted by molar-refractivity contribution is -0.152. The van der Waals surface area contributed by atoms with Crippen LogP contribution in [-0.4, -0.2) is 44.1 Å². The van der Waals surface area contributed by atoms with Gasteiger partial charge in [-0.25, -0.2) is 4.79 Å². The highest BCUT2D eigenvalue weighted by Crippen LogP contribution is 2.28. The van der Waals surface area contributed by atoms with Crippen LogP contribution in [0, 0.1) is 0 Å². The van der Waals surface area contributed by atoms with E-state index in [0.717, 1.165) is 8.95 Å². The van der Waals surface area contributed by atoms with E-state index in [-0.39, 0.29) is 19.1 Å². The topological polar surface area (TPSA) is 55.8 Å². The molecule has 0 saturated heterocycles. The molecule has 0 bridgehead atoms. The Hall–Kier alpha value is -1.08. The zero-order valence-electron chi connectivity index (χ0n) is 10.5. The van der Waals surface area contributed by atoms with Gasteiger partial charge in [0.1, 0.15) is 5.75 Å². The molecule has 0 aromatic heterocycles. The molecule has 0 aliphatic carbocycles. The first-order valence-electron chi connectivity index (χ1n) is 5.33. The number of esters is 1. The van der Waals surface area contributed by atoms with Gasteiger partial charge >= 0.3 is 5.97 Å². The minimum atomic E-state index is -0.593. The fourth-order valence-corrected chi connectivity index (χ4v) is 2.20. The van der Waals surface area contributed by atoms with Crippen LogP contribution < -0.4 is 4.74 Å². The van der Waals surface area contributed by atoms with Crippen LogP contribution in [0.2, 0.25) is 0 Å². The van der Waals surface area contributed by atoms with E-state index in [1.165, 1.54) is 4.90 Å². The lowest BCUT2D eigenvalue weighted by atomic mass is 10.3. The Bertz CT molecular complexity index is 477. The lowest BCUT2D eigenvalue weighted by Crippen LogP contribution is -2.28. The van der Waals surface area contributed by atoms with Gasteiger partial charge in [-0.2, -0.15) is 0 Å². The molecule has 7 heteroatoms. The Balaban J connectivity index is 2.40. The number of ether oxygens (including phenoxy) is 2. The Kier molecular flexibility index (Phi) is 6.30. The molecule has 1 aromatic carbocycles. The van der Waals surface area contributed by atoms with Crippen LogP contribution in [0.15, 0.2) is 27.1 Å². The third-order valence-electron chi connectivity index (χ3n) is 2.09. The molecule has 0 fully saturated rings. The summed E-state index contributed by atoms with van der Waals surface area (Å²) in [4.78, 5) is 23.9. The van der Waals surface area contributed by atoms with E-state index in [0.29, 0.717) is 5.75 Å². The molecule has 0 aliphatic heterocycles. The molecule has 1 amide bonds. The van der Waals surface area contributed by atoms with Gasteiger partial charge in [0.25, 0.3) is 5.91 Å². The Morgan fingerprint density at radius 1 is 1.21 bits per heavy atom. The smallest absolute Gasteiger partial charge is 0.344 e. The lowest BCUT2D eigenvalue weighted by Gasteiger charge is -2.11. The van der Waals surface area contributed by atoms with E-state index in [1.807, 2.05) is 0 Å². The molecule has 19 heavy (non-hydrogen) atoms. The minimum absolute atomic E-state index is 0.249. The van der Waals surface area contributed by atoms with Crippen LogP contribution in [0.1, 0.15) is 0 Å². The Labute approximate surface area is 128 Å². The maximum atomic E-state index is 11.4. The number of rotatable bonds is 5. The molecule has 0 spiro atoms. The maximum absolute atomic E-state index is 11.4. The second-order valence-corrected chi connectivity index (χ2v) is 5.58. The maximum Gasteiger partial charge on any atom is 0.344 e. The van der Waals surface area contributed by atoms with Crippen LogP contribution in [0.4, 0.5) is 0 Å². The van der Waals surface area contributed by atoms with Crippen molar-refractivity contribution in [1.82, 2.24) is 4.90 Å². The Morgan fingerprint density at radius 2 is 1.89 bits per heavy atom. The molecule has 0 atom stereocenters. The fourth-order valence-electron chi connectivity index (χ4n) is 1.04. The summed E-state index contributed by atoms with van der Waals surface area (Å²) >= 11 is 6.62. The van der Waals surface area contributed by atoms with Crippen LogP contribution >= 0.6 is 31.9 Å². The van der Waals surface area contributed by atoms with E-state index < -0.39 is 5.97 Å². The molecular weight excluding hydrogens is 382 g/mol. The molecular formula is C12H13Br2NO4. The third kappa shape index (κ3) is 5.61. The average molecular weight is 395 g/mol. The van der Waals surface area contributed by atoms with Gasteiger partial charge < -0.3 is 14.4 Å². The summed E-state index contributed by atoms with van der Waals surface area (Å²) in [6.07, 6.45) is 0. The molecule has 5 nitrogen and oxygen atoms in total. The van der Waals surface area contributed by atoms with Gasteiger partial charge in [-0.05, 0) is 34.1 Å². The van der Waals surface area contributed by atoms with Crippen molar-refractivity contribution in [2.75, 3.05) is 27.3 Å². The number of nitrogens with zero attached hydrogens (tertiary/aromatic N) is 1. The third-order valence-corrected chi connectivity index (χ3v) is 3.21. The summed E-state index contributed by atoms with van der Waals surface area (Å²) < 4.78 is 11.7. The minimum Gasteiger partial charge on any atom is -0.481 e. The number of benzene rings is 1. The highest BCUT2D eigenvalue weighted by atomic mass is 79.9. The van der Waals surface area contributed by atoms with Crippen molar-refractivity contribution in [2.45, 2.75) is 0 Å². The van der Waals surface area contributed by atoms with Gasteiger partial charge in [0, 0.05) is 18.6 Å². The molecule has 0 N–H and O–H groups in total. The van der Waals surface area contributed by atoms with E-state index in [1.54, 1.807) is 32.3 Å². The van der Waals surface area contributed by atoms with Gasteiger partial charge in [-0.15, -0.1) is 0 Å². The largest absolute Gasteiger partial charge is 0.481 e. The summed E-state index contributed by atoms with van der Waals surface area (Å²) in [7, 11) is 3.18. The highest BCUT2D eigenvalue weighted by molar-refractivity contribution is 9.11. The number of hydrogen-bond acceptors (Lipinski definition) is 4. The quantitative estimate of drug-likeness (QED) is 0.718. The molecule has 0 radical (unpaired) electrons. The van der Waals surface area contributed by atoms with Gasteiger partial charge in [0.15, 0.2) is 13.2 Å². The van der Waals surface area contributed by atoms with Crippen molar-refractivity contribution in [2.24, 2.45) is 0 Å². The number of carbonyl (C=O) groups is 2. The second-order valence-electron chi connectivity index (χ2n) is 3.81. The second kappa shape index (κ2) is 7.49. The normalized spacial score (nSPS) is 9.89. The number of likely N-dealkylation sites (N-methyl/N-ethyl adjacent to an activating group) is 1. The standard InChI is InChI=1S/C12H13Br2NO4/c1-15(2)11(16)6-19-12(17)7-18-10-4-3-8(13)5-9(10)14/h3-5H,6-7H2,1-2H3. The zero-order valence-corrected chi connectivity index (χ0v) is 13.7. The molecule has 0 heterocycles. The molecule has 104 valence electrons. The number of halogens is 2. The monoisotopic (exact) mass is 393 g/mol. The molecule has 0 unspecified atom stereocenters. The first-order valence-corrected chi connectivity index (χ1v) is 6.92. The number of amides is 1. The van der Waals surface area contributed by atoms with Crippen LogP contribution in [0.5, 0.6) is 5.75 Å². The SMILES string of the molecule is CN(C)C(=O)COC(=O)COc1ccc(Br)cc1Br. The van der Waals surface area contributed by atoms with Crippen molar-refractivity contribution in [3.05, 3.63) is 27.1 Å². The van der Waals surface area contributed by atoms with Crippen LogP contribution in [-0.2, 0) is 14.3 Å². The van der Waals surface area contributed by atoms with E-state index in [9.17, 15) is 9.59 Å². The fraction of sp³-hybridized carbons (Fsp3) is 0.333. The summed E-state index contributed by atoms with van der Waals surface area (Å²) in [6, 6.07) is 5.31. The summed E-state index contributed by atoms with van der Waals surface area (Å²) in [5, 5.41) is 0. The van der Waals surface area contributed by atoms with E-state index >= 15 is 0 Å². The van der Waals surface area contributed by atoms with Crippen molar-refractivity contribution in [3.63, 3.8) is 0 Å². The van der Waals surface area contributed by atoms with Gasteiger partial charge in [-0.1, -0.05) is 15.9 Å². The highest BCUT2D eigenvalue weighted by Gasteiger charge is 2.10. The first kappa shape index (κ1) is 16.0. The summed E-state index contributed by atoms with van der Waals surface area (Å²) in [6.45, 7) is -0.530. The first-order chi connectivity index (χ1) is 8.90. The van der Waals surface area contributed by atoms with Gasteiger partial charge in [0.2, 0.25) is 0 Å².